The smallest absolute Gasteiger partial charge is 0.260 e. The SMILES string of the molecule is CCN(CC)C(=O)CN(C)C(=O)COc1ccc(C#N)cc1Cl. The van der Waals surface area contributed by atoms with Crippen LogP contribution >= 0.6 is 11.6 Å². The van der Waals surface area contributed by atoms with Crippen LogP contribution in [-0.2, 0) is 9.59 Å². The van der Waals surface area contributed by atoms with Crippen molar-refractivity contribution in [2.75, 3.05) is 33.3 Å². The minimum atomic E-state index is -0.328. The zero-order valence-electron chi connectivity index (χ0n) is 13.5. The molecule has 0 aliphatic heterocycles. The van der Waals surface area contributed by atoms with Crippen molar-refractivity contribution in [2.45, 2.75) is 13.8 Å². The number of halogens is 1. The Morgan fingerprint density at radius 1 is 1.26 bits per heavy atom. The van der Waals surface area contributed by atoms with Crippen LogP contribution in [0.2, 0.25) is 5.02 Å². The van der Waals surface area contributed by atoms with Gasteiger partial charge >= 0.3 is 0 Å². The second-order valence-electron chi connectivity index (χ2n) is 4.86. The highest BCUT2D eigenvalue weighted by molar-refractivity contribution is 6.32. The molecule has 0 N–H and O–H groups in total. The molecule has 0 aliphatic carbocycles. The number of amides is 2. The quantitative estimate of drug-likeness (QED) is 0.762. The lowest BCUT2D eigenvalue weighted by Gasteiger charge is -2.23. The van der Waals surface area contributed by atoms with Gasteiger partial charge in [0.15, 0.2) is 6.61 Å². The van der Waals surface area contributed by atoms with E-state index in [-0.39, 0.29) is 30.0 Å². The number of hydrogen-bond donors (Lipinski definition) is 0. The average molecular weight is 338 g/mol. The van der Waals surface area contributed by atoms with Crippen LogP contribution < -0.4 is 4.74 Å². The third-order valence-electron chi connectivity index (χ3n) is 3.33. The standard InChI is InChI=1S/C16H20ClN3O3/c1-4-20(5-2)15(21)10-19(3)16(22)11-23-14-7-6-12(9-18)8-13(14)17/h6-8H,4-5,10-11H2,1-3H3. The summed E-state index contributed by atoms with van der Waals surface area (Å²) in [5, 5.41) is 9.03. The third kappa shape index (κ3) is 5.46. The Bertz CT molecular complexity index is 609. The minimum absolute atomic E-state index is 0.00494. The van der Waals surface area contributed by atoms with E-state index < -0.39 is 0 Å². The summed E-state index contributed by atoms with van der Waals surface area (Å²) in [6.45, 7) is 4.76. The highest BCUT2D eigenvalue weighted by Gasteiger charge is 2.17. The normalized spacial score (nSPS) is 9.87. The fraction of sp³-hybridized carbons (Fsp3) is 0.438. The van der Waals surface area contributed by atoms with Crippen LogP contribution in [0.5, 0.6) is 5.75 Å². The van der Waals surface area contributed by atoms with Gasteiger partial charge in [0.1, 0.15) is 5.75 Å². The molecule has 0 radical (unpaired) electrons. The van der Waals surface area contributed by atoms with Crippen LogP contribution in [0.1, 0.15) is 19.4 Å². The van der Waals surface area contributed by atoms with E-state index in [0.717, 1.165) is 0 Å². The molecule has 7 heteroatoms. The van der Waals surface area contributed by atoms with Gasteiger partial charge in [0.25, 0.3) is 5.91 Å². The van der Waals surface area contributed by atoms with Crippen molar-refractivity contribution in [3.63, 3.8) is 0 Å². The number of likely N-dealkylation sites (N-methyl/N-ethyl adjacent to an activating group) is 2. The van der Waals surface area contributed by atoms with Gasteiger partial charge in [-0.2, -0.15) is 5.26 Å². The van der Waals surface area contributed by atoms with E-state index in [1.54, 1.807) is 18.0 Å². The fourth-order valence-corrected chi connectivity index (χ4v) is 2.14. The first-order valence-corrected chi connectivity index (χ1v) is 7.64. The molecule has 0 bridgehead atoms. The van der Waals surface area contributed by atoms with E-state index in [1.165, 1.54) is 17.0 Å². The van der Waals surface area contributed by atoms with Crippen molar-refractivity contribution in [3.05, 3.63) is 28.8 Å². The topological polar surface area (TPSA) is 73.6 Å². The number of carbonyl (C=O) groups is 2. The van der Waals surface area contributed by atoms with Gasteiger partial charge in [0.05, 0.1) is 23.2 Å². The summed E-state index contributed by atoms with van der Waals surface area (Å²) < 4.78 is 5.36. The highest BCUT2D eigenvalue weighted by Crippen LogP contribution is 2.25. The first-order chi connectivity index (χ1) is 10.9. The van der Waals surface area contributed by atoms with Crippen LogP contribution in [0.4, 0.5) is 0 Å². The van der Waals surface area contributed by atoms with Crippen molar-refractivity contribution >= 4 is 23.4 Å². The van der Waals surface area contributed by atoms with E-state index in [1.807, 2.05) is 19.9 Å². The third-order valence-corrected chi connectivity index (χ3v) is 3.62. The molecule has 0 atom stereocenters. The van der Waals surface area contributed by atoms with Gasteiger partial charge in [0.2, 0.25) is 5.91 Å². The van der Waals surface area contributed by atoms with E-state index >= 15 is 0 Å². The first kappa shape index (κ1) is 18.8. The first-order valence-electron chi connectivity index (χ1n) is 7.27. The Hall–Kier alpha value is -2.26. The molecule has 1 aromatic carbocycles. The van der Waals surface area contributed by atoms with Gasteiger partial charge in [-0.25, -0.2) is 0 Å². The van der Waals surface area contributed by atoms with Crippen molar-refractivity contribution in [3.8, 4) is 11.8 Å². The van der Waals surface area contributed by atoms with Gasteiger partial charge in [0, 0.05) is 20.1 Å². The van der Waals surface area contributed by atoms with Gasteiger partial charge in [-0.3, -0.25) is 9.59 Å². The lowest BCUT2D eigenvalue weighted by Crippen LogP contribution is -2.42. The van der Waals surface area contributed by atoms with Crippen LogP contribution in [-0.4, -0.2) is 54.9 Å². The molecule has 1 aromatic rings. The van der Waals surface area contributed by atoms with E-state index in [2.05, 4.69) is 0 Å². The molecule has 0 spiro atoms. The molecule has 1 rings (SSSR count). The number of rotatable bonds is 7. The van der Waals surface area contributed by atoms with E-state index in [0.29, 0.717) is 24.4 Å². The second kappa shape index (κ2) is 9.01. The van der Waals surface area contributed by atoms with E-state index in [4.69, 9.17) is 21.6 Å². The van der Waals surface area contributed by atoms with Crippen molar-refractivity contribution in [1.29, 1.82) is 5.26 Å². The van der Waals surface area contributed by atoms with Crippen LogP contribution in [0.15, 0.2) is 18.2 Å². The second-order valence-corrected chi connectivity index (χ2v) is 5.27. The zero-order valence-corrected chi connectivity index (χ0v) is 14.3. The molecular formula is C16H20ClN3O3. The lowest BCUT2D eigenvalue weighted by atomic mass is 10.2. The Morgan fingerprint density at radius 3 is 2.43 bits per heavy atom. The Kier molecular flexibility index (Phi) is 7.36. The lowest BCUT2D eigenvalue weighted by molar-refractivity contribution is -0.140. The predicted octanol–water partition coefficient (Wildman–Crippen LogP) is 1.92. The summed E-state index contributed by atoms with van der Waals surface area (Å²) >= 11 is 5.97. The number of nitriles is 1. The van der Waals surface area contributed by atoms with Crippen molar-refractivity contribution < 1.29 is 14.3 Å². The zero-order chi connectivity index (χ0) is 17.4. The Labute approximate surface area is 141 Å². The molecule has 0 saturated carbocycles. The largest absolute Gasteiger partial charge is 0.482 e. The fourth-order valence-electron chi connectivity index (χ4n) is 1.90. The molecule has 6 nitrogen and oxygen atoms in total. The number of hydrogen-bond acceptors (Lipinski definition) is 4. The molecule has 0 aromatic heterocycles. The van der Waals surface area contributed by atoms with Gasteiger partial charge in [-0.05, 0) is 32.0 Å². The maximum atomic E-state index is 12.0. The molecule has 0 heterocycles. The maximum Gasteiger partial charge on any atom is 0.260 e. The molecule has 124 valence electrons. The van der Waals surface area contributed by atoms with Crippen molar-refractivity contribution in [2.24, 2.45) is 0 Å². The molecular weight excluding hydrogens is 318 g/mol. The Morgan fingerprint density at radius 2 is 1.91 bits per heavy atom. The molecule has 0 unspecified atom stereocenters. The summed E-state index contributed by atoms with van der Waals surface area (Å²) in [4.78, 5) is 27.0. The Balaban J connectivity index is 2.56. The number of ether oxygens (including phenoxy) is 1. The summed E-state index contributed by atoms with van der Waals surface area (Å²) in [7, 11) is 1.55. The van der Waals surface area contributed by atoms with Crippen molar-refractivity contribution in [1.82, 2.24) is 9.80 Å². The predicted molar refractivity (Wildman–Crippen MR) is 87.2 cm³/mol. The van der Waals surface area contributed by atoms with Crippen LogP contribution in [0, 0.1) is 11.3 Å². The van der Waals surface area contributed by atoms with E-state index in [9.17, 15) is 9.59 Å². The summed E-state index contributed by atoms with van der Waals surface area (Å²) in [6, 6.07) is 6.52. The summed E-state index contributed by atoms with van der Waals surface area (Å²) in [6.07, 6.45) is 0. The molecule has 23 heavy (non-hydrogen) atoms. The minimum Gasteiger partial charge on any atom is -0.482 e. The summed E-state index contributed by atoms with van der Waals surface area (Å²) in [5.41, 5.74) is 0.413. The highest BCUT2D eigenvalue weighted by atomic mass is 35.5. The summed E-state index contributed by atoms with van der Waals surface area (Å²) in [5.74, 6) is -0.115. The number of benzene rings is 1. The van der Waals surface area contributed by atoms with Crippen LogP contribution in [0.3, 0.4) is 0 Å². The molecule has 2 amide bonds. The molecule has 0 fully saturated rings. The van der Waals surface area contributed by atoms with Gasteiger partial charge in [-0.1, -0.05) is 11.6 Å². The molecule has 0 aliphatic rings. The number of carbonyl (C=O) groups excluding carboxylic acids is 2. The van der Waals surface area contributed by atoms with Gasteiger partial charge in [-0.15, -0.1) is 0 Å². The van der Waals surface area contributed by atoms with Crippen LogP contribution in [0.25, 0.3) is 0 Å². The molecule has 0 saturated heterocycles. The average Bonchev–Trinajstić information content (AvgIpc) is 2.54. The monoisotopic (exact) mass is 337 g/mol. The van der Waals surface area contributed by atoms with Gasteiger partial charge < -0.3 is 14.5 Å². The number of nitrogens with zero attached hydrogens (tertiary/aromatic N) is 3. The maximum absolute atomic E-state index is 12.0.